The zero-order valence-corrected chi connectivity index (χ0v) is 13.1. The molecule has 1 amide bonds. The van der Waals surface area contributed by atoms with E-state index in [0.29, 0.717) is 11.4 Å². The third-order valence-corrected chi connectivity index (χ3v) is 3.93. The van der Waals surface area contributed by atoms with E-state index in [1.807, 2.05) is 42.5 Å². The van der Waals surface area contributed by atoms with Crippen LogP contribution in [-0.4, -0.2) is 18.2 Å². The molecule has 0 bridgehead atoms. The molecule has 1 saturated heterocycles. The molecule has 5 nitrogen and oxygen atoms in total. The van der Waals surface area contributed by atoms with Crippen molar-refractivity contribution >= 4 is 23.7 Å². The van der Waals surface area contributed by atoms with Crippen molar-refractivity contribution in [3.63, 3.8) is 0 Å². The van der Waals surface area contributed by atoms with Gasteiger partial charge < -0.3 is 0 Å². The molecule has 6 heteroatoms. The Kier molecular flexibility index (Phi) is 5.02. The molecule has 0 saturated carbocycles. The van der Waals surface area contributed by atoms with Gasteiger partial charge in [0.05, 0.1) is 6.21 Å². The number of hydrogen-bond donors (Lipinski definition) is 3. The number of rotatable bonds is 4. The zero-order chi connectivity index (χ0) is 16.1. The van der Waals surface area contributed by atoms with Gasteiger partial charge in [0.1, 0.15) is 6.04 Å². The summed E-state index contributed by atoms with van der Waals surface area (Å²) in [6.45, 7) is 0. The number of hydrogen-bond acceptors (Lipinski definition) is 4. The Morgan fingerprint density at radius 3 is 2.61 bits per heavy atom. The lowest BCUT2D eigenvalue weighted by Gasteiger charge is -2.08. The van der Waals surface area contributed by atoms with Crippen molar-refractivity contribution in [2.24, 2.45) is 5.10 Å². The highest BCUT2D eigenvalue weighted by Gasteiger charge is 2.29. The fourth-order valence-corrected chi connectivity index (χ4v) is 2.56. The van der Waals surface area contributed by atoms with Gasteiger partial charge >= 0.3 is 0 Å². The number of carbonyl (C=O) groups excluding carboxylic acids is 1. The molecular formula is C17H17ClN4O. The number of carbonyl (C=O) groups is 1. The summed E-state index contributed by atoms with van der Waals surface area (Å²) in [5.74, 6) is -0.166. The van der Waals surface area contributed by atoms with Crippen molar-refractivity contribution in [1.29, 1.82) is 0 Å². The number of halogens is 1. The number of nitrogens with one attached hydrogen (secondary N) is 3. The monoisotopic (exact) mass is 328 g/mol. The minimum atomic E-state index is -0.317. The van der Waals surface area contributed by atoms with Crippen molar-refractivity contribution in [2.45, 2.75) is 18.5 Å². The summed E-state index contributed by atoms with van der Waals surface area (Å²) >= 11 is 5.82. The van der Waals surface area contributed by atoms with Crippen molar-refractivity contribution < 1.29 is 4.79 Å². The molecule has 0 aromatic heterocycles. The third kappa shape index (κ3) is 4.16. The van der Waals surface area contributed by atoms with Crippen LogP contribution in [0.2, 0.25) is 5.02 Å². The van der Waals surface area contributed by atoms with Crippen molar-refractivity contribution in [3.8, 4) is 0 Å². The second kappa shape index (κ2) is 7.37. The van der Waals surface area contributed by atoms with Crippen molar-refractivity contribution in [1.82, 2.24) is 16.3 Å². The molecular weight excluding hydrogens is 312 g/mol. The van der Waals surface area contributed by atoms with Crippen LogP contribution in [0.1, 0.15) is 23.6 Å². The lowest BCUT2D eigenvalue weighted by atomic mass is 10.0. The van der Waals surface area contributed by atoms with Crippen LogP contribution in [0, 0.1) is 0 Å². The van der Waals surface area contributed by atoms with E-state index in [1.54, 1.807) is 18.3 Å². The van der Waals surface area contributed by atoms with Gasteiger partial charge in [0.2, 0.25) is 0 Å². The predicted octanol–water partition coefficient (Wildman–Crippen LogP) is 2.40. The number of amides is 1. The predicted molar refractivity (Wildman–Crippen MR) is 91.0 cm³/mol. The summed E-state index contributed by atoms with van der Waals surface area (Å²) < 4.78 is 0. The zero-order valence-electron chi connectivity index (χ0n) is 12.4. The van der Waals surface area contributed by atoms with E-state index in [1.165, 1.54) is 0 Å². The molecule has 0 radical (unpaired) electrons. The molecule has 2 atom stereocenters. The second-order valence-corrected chi connectivity index (χ2v) is 5.76. The van der Waals surface area contributed by atoms with Crippen LogP contribution in [0.5, 0.6) is 0 Å². The van der Waals surface area contributed by atoms with Crippen LogP contribution in [-0.2, 0) is 4.79 Å². The van der Waals surface area contributed by atoms with Crippen molar-refractivity contribution in [3.05, 3.63) is 70.7 Å². The smallest absolute Gasteiger partial charge is 0.258 e. The van der Waals surface area contributed by atoms with Gasteiger partial charge in [-0.3, -0.25) is 4.79 Å². The van der Waals surface area contributed by atoms with Gasteiger partial charge in [-0.05, 0) is 29.7 Å². The van der Waals surface area contributed by atoms with Crippen molar-refractivity contribution in [2.75, 3.05) is 0 Å². The molecule has 3 rings (SSSR count). The van der Waals surface area contributed by atoms with Gasteiger partial charge in [-0.1, -0.05) is 54.1 Å². The molecule has 0 spiro atoms. The number of benzene rings is 2. The molecule has 118 valence electrons. The van der Waals surface area contributed by atoms with E-state index in [4.69, 9.17) is 11.6 Å². The van der Waals surface area contributed by atoms with Gasteiger partial charge in [-0.25, -0.2) is 16.3 Å². The van der Waals surface area contributed by atoms with E-state index in [9.17, 15) is 4.79 Å². The Hall–Kier alpha value is -2.21. The molecule has 1 heterocycles. The average Bonchev–Trinajstić information content (AvgIpc) is 3.07. The van der Waals surface area contributed by atoms with Gasteiger partial charge in [0, 0.05) is 11.1 Å². The highest BCUT2D eigenvalue weighted by Crippen LogP contribution is 2.21. The minimum Gasteiger partial charge on any atom is -0.271 e. The Morgan fingerprint density at radius 1 is 1.13 bits per heavy atom. The maximum Gasteiger partial charge on any atom is 0.258 e. The van der Waals surface area contributed by atoms with Crippen LogP contribution in [0.3, 0.4) is 0 Å². The fourth-order valence-electron chi connectivity index (χ4n) is 2.43. The maximum atomic E-state index is 12.1. The first-order valence-corrected chi connectivity index (χ1v) is 7.74. The highest BCUT2D eigenvalue weighted by atomic mass is 35.5. The number of hydrazine groups is 1. The Bertz CT molecular complexity index is 687. The summed E-state index contributed by atoms with van der Waals surface area (Å²) in [4.78, 5) is 12.1. The van der Waals surface area contributed by atoms with E-state index in [0.717, 1.165) is 11.1 Å². The second-order valence-electron chi connectivity index (χ2n) is 5.33. The first-order valence-electron chi connectivity index (χ1n) is 7.37. The molecule has 1 aliphatic heterocycles. The molecule has 1 fully saturated rings. The average molecular weight is 329 g/mol. The molecule has 2 unspecified atom stereocenters. The first-order chi connectivity index (χ1) is 11.2. The molecule has 0 aliphatic carbocycles. The fraction of sp³-hybridized carbons (Fsp3) is 0.176. The van der Waals surface area contributed by atoms with Gasteiger partial charge in [0.15, 0.2) is 0 Å². The summed E-state index contributed by atoms with van der Waals surface area (Å²) in [5.41, 5.74) is 10.7. The van der Waals surface area contributed by atoms with Crippen LogP contribution in [0.4, 0.5) is 0 Å². The maximum absolute atomic E-state index is 12.1. The summed E-state index contributed by atoms with van der Waals surface area (Å²) in [5, 5.41) is 4.64. The Balaban J connectivity index is 1.52. The molecule has 1 aliphatic rings. The standard InChI is InChI=1S/C17H17ClN4O/c18-14-8-6-12(7-9-14)11-19-22-17(23)16-10-15(20-21-16)13-4-2-1-3-5-13/h1-9,11,15-16,20-21H,10H2,(H,22,23)/b19-11+. The van der Waals surface area contributed by atoms with E-state index >= 15 is 0 Å². The Labute approximate surface area is 139 Å². The topological polar surface area (TPSA) is 65.5 Å². The quantitative estimate of drug-likeness (QED) is 0.596. The molecule has 3 N–H and O–H groups in total. The van der Waals surface area contributed by atoms with Crippen LogP contribution in [0.15, 0.2) is 59.7 Å². The van der Waals surface area contributed by atoms with Gasteiger partial charge in [0.25, 0.3) is 5.91 Å². The van der Waals surface area contributed by atoms with Crippen LogP contribution >= 0.6 is 11.6 Å². The van der Waals surface area contributed by atoms with E-state index < -0.39 is 0 Å². The molecule has 23 heavy (non-hydrogen) atoms. The molecule has 2 aromatic rings. The summed E-state index contributed by atoms with van der Waals surface area (Å²) in [7, 11) is 0. The third-order valence-electron chi connectivity index (χ3n) is 3.68. The van der Waals surface area contributed by atoms with Crippen LogP contribution in [0.25, 0.3) is 0 Å². The first kappa shape index (κ1) is 15.7. The molecule has 2 aromatic carbocycles. The summed E-state index contributed by atoms with van der Waals surface area (Å²) in [6.07, 6.45) is 2.26. The van der Waals surface area contributed by atoms with E-state index in [-0.39, 0.29) is 18.0 Å². The number of hydrazone groups is 1. The number of nitrogens with zero attached hydrogens (tertiary/aromatic N) is 1. The SMILES string of the molecule is O=C(N/N=C/c1ccc(Cl)cc1)C1CC(c2ccccc2)NN1. The van der Waals surface area contributed by atoms with Crippen LogP contribution < -0.4 is 16.3 Å². The Morgan fingerprint density at radius 2 is 1.87 bits per heavy atom. The normalized spacial score (nSPS) is 20.7. The summed E-state index contributed by atoms with van der Waals surface area (Å²) in [6, 6.07) is 17.0. The van der Waals surface area contributed by atoms with Gasteiger partial charge in [-0.15, -0.1) is 0 Å². The van der Waals surface area contributed by atoms with E-state index in [2.05, 4.69) is 21.4 Å². The highest BCUT2D eigenvalue weighted by molar-refractivity contribution is 6.30. The largest absolute Gasteiger partial charge is 0.271 e. The van der Waals surface area contributed by atoms with Gasteiger partial charge in [-0.2, -0.15) is 5.10 Å². The minimum absolute atomic E-state index is 0.118. The lowest BCUT2D eigenvalue weighted by Crippen LogP contribution is -2.41. The lowest BCUT2D eigenvalue weighted by molar-refractivity contribution is -0.122.